The summed E-state index contributed by atoms with van der Waals surface area (Å²) in [7, 11) is 0. The largest absolute Gasteiger partial charge is 0.340 e. The van der Waals surface area contributed by atoms with E-state index in [0.717, 1.165) is 42.3 Å². The molecule has 1 aromatic heterocycles. The molecule has 0 aliphatic carbocycles. The lowest BCUT2D eigenvalue weighted by atomic mass is 9.97. The van der Waals surface area contributed by atoms with E-state index in [9.17, 15) is 13.6 Å². The first-order valence-corrected chi connectivity index (χ1v) is 9.48. The van der Waals surface area contributed by atoms with Crippen LogP contribution in [0.3, 0.4) is 0 Å². The van der Waals surface area contributed by atoms with Gasteiger partial charge in [-0.05, 0) is 30.5 Å². The molecule has 0 bridgehead atoms. The number of hydrogen-bond donors (Lipinski definition) is 1. The van der Waals surface area contributed by atoms with E-state index in [1.165, 1.54) is 0 Å². The van der Waals surface area contributed by atoms with Gasteiger partial charge < -0.3 is 10.2 Å². The lowest BCUT2D eigenvalue weighted by Gasteiger charge is -2.32. The van der Waals surface area contributed by atoms with Gasteiger partial charge >= 0.3 is 0 Å². The Labute approximate surface area is 167 Å². The molecule has 1 amide bonds. The summed E-state index contributed by atoms with van der Waals surface area (Å²) >= 11 is 0. The maximum Gasteiger partial charge on any atom is 0.229 e. The highest BCUT2D eigenvalue weighted by Gasteiger charge is 2.27. The van der Waals surface area contributed by atoms with Crippen LogP contribution in [0.5, 0.6) is 0 Å². The summed E-state index contributed by atoms with van der Waals surface area (Å²) in [4.78, 5) is 23.5. The Kier molecular flexibility index (Phi) is 5.46. The topological polar surface area (TPSA) is 58.1 Å². The van der Waals surface area contributed by atoms with Crippen molar-refractivity contribution in [2.45, 2.75) is 12.8 Å². The molecule has 1 atom stereocenters. The number of nitrogens with one attached hydrogen (secondary N) is 1. The lowest BCUT2D eigenvalue weighted by molar-refractivity contribution is -0.120. The molecule has 0 radical (unpaired) electrons. The van der Waals surface area contributed by atoms with Crippen LogP contribution in [-0.2, 0) is 4.79 Å². The fourth-order valence-corrected chi connectivity index (χ4v) is 3.51. The minimum Gasteiger partial charge on any atom is -0.340 e. The van der Waals surface area contributed by atoms with E-state index in [4.69, 9.17) is 0 Å². The van der Waals surface area contributed by atoms with Crippen molar-refractivity contribution in [1.29, 1.82) is 0 Å². The highest BCUT2D eigenvalue weighted by Crippen LogP contribution is 2.24. The first-order valence-electron chi connectivity index (χ1n) is 9.48. The predicted octanol–water partition coefficient (Wildman–Crippen LogP) is 4.28. The Morgan fingerprint density at radius 2 is 1.69 bits per heavy atom. The van der Waals surface area contributed by atoms with Crippen LogP contribution in [0.2, 0.25) is 0 Å². The molecule has 29 heavy (non-hydrogen) atoms. The van der Waals surface area contributed by atoms with Crippen molar-refractivity contribution in [3.05, 3.63) is 72.6 Å². The summed E-state index contributed by atoms with van der Waals surface area (Å²) in [6, 6.07) is 12.8. The van der Waals surface area contributed by atoms with Crippen LogP contribution in [0, 0.1) is 17.6 Å². The standard InChI is InChI=1S/C22H20F2N4O/c23-18-9-19(24)11-20(10-18)27-21(29)16-7-4-8-28(14-16)22-25-12-17(13-26-22)15-5-2-1-3-6-15/h1-3,5-6,9-13,16H,4,7-8,14H2,(H,27,29). The van der Waals surface area contributed by atoms with Gasteiger partial charge in [-0.3, -0.25) is 4.79 Å². The van der Waals surface area contributed by atoms with Crippen molar-refractivity contribution in [2.24, 2.45) is 5.92 Å². The van der Waals surface area contributed by atoms with Gasteiger partial charge in [-0.2, -0.15) is 0 Å². The summed E-state index contributed by atoms with van der Waals surface area (Å²) in [5.41, 5.74) is 2.08. The van der Waals surface area contributed by atoms with E-state index in [1.807, 2.05) is 35.2 Å². The van der Waals surface area contributed by atoms with Crippen LogP contribution >= 0.6 is 0 Å². The molecule has 1 fully saturated rings. The number of aromatic nitrogens is 2. The Hall–Kier alpha value is -3.35. The minimum absolute atomic E-state index is 0.119. The van der Waals surface area contributed by atoms with Gasteiger partial charge in [0.05, 0.1) is 5.92 Å². The summed E-state index contributed by atoms with van der Waals surface area (Å²) in [5.74, 6) is -1.46. The van der Waals surface area contributed by atoms with Gasteiger partial charge in [-0.15, -0.1) is 0 Å². The van der Waals surface area contributed by atoms with Gasteiger partial charge in [0, 0.05) is 42.8 Å². The molecule has 1 aliphatic heterocycles. The number of hydrogen-bond acceptors (Lipinski definition) is 4. The highest BCUT2D eigenvalue weighted by atomic mass is 19.1. The smallest absolute Gasteiger partial charge is 0.229 e. The molecule has 148 valence electrons. The molecule has 1 aliphatic rings. The quantitative estimate of drug-likeness (QED) is 0.718. The Balaban J connectivity index is 1.43. The summed E-state index contributed by atoms with van der Waals surface area (Å²) in [5, 5.41) is 2.61. The lowest BCUT2D eigenvalue weighted by Crippen LogP contribution is -2.41. The number of rotatable bonds is 4. The van der Waals surface area contributed by atoms with E-state index in [-0.39, 0.29) is 17.5 Å². The zero-order chi connectivity index (χ0) is 20.2. The van der Waals surface area contributed by atoms with Crippen LogP contribution in [-0.4, -0.2) is 29.0 Å². The third kappa shape index (κ3) is 4.56. The van der Waals surface area contributed by atoms with Gasteiger partial charge in [0.1, 0.15) is 11.6 Å². The van der Waals surface area contributed by atoms with Crippen molar-refractivity contribution in [3.8, 4) is 11.1 Å². The van der Waals surface area contributed by atoms with Gasteiger partial charge in [-0.1, -0.05) is 30.3 Å². The molecule has 4 rings (SSSR count). The van der Waals surface area contributed by atoms with Crippen molar-refractivity contribution in [3.63, 3.8) is 0 Å². The molecular formula is C22H20F2N4O. The molecular weight excluding hydrogens is 374 g/mol. The van der Waals surface area contributed by atoms with Gasteiger partial charge in [0.2, 0.25) is 11.9 Å². The molecule has 2 aromatic carbocycles. The van der Waals surface area contributed by atoms with Crippen molar-refractivity contribution in [1.82, 2.24) is 9.97 Å². The molecule has 1 saturated heterocycles. The molecule has 1 unspecified atom stereocenters. The van der Waals surface area contributed by atoms with E-state index in [0.29, 0.717) is 18.9 Å². The average Bonchev–Trinajstić information content (AvgIpc) is 2.74. The number of piperidine rings is 1. The SMILES string of the molecule is O=C(Nc1cc(F)cc(F)c1)C1CCCN(c2ncc(-c3ccccc3)cn2)C1. The van der Waals surface area contributed by atoms with Crippen LogP contribution in [0.15, 0.2) is 60.9 Å². The Morgan fingerprint density at radius 1 is 1.00 bits per heavy atom. The van der Waals surface area contributed by atoms with Crippen molar-refractivity contribution >= 4 is 17.5 Å². The molecule has 3 aromatic rings. The first-order chi connectivity index (χ1) is 14.1. The van der Waals surface area contributed by atoms with Crippen LogP contribution in [0.25, 0.3) is 11.1 Å². The number of benzene rings is 2. The summed E-state index contributed by atoms with van der Waals surface area (Å²) < 4.78 is 26.7. The van der Waals surface area contributed by atoms with Crippen LogP contribution < -0.4 is 10.2 Å². The highest BCUT2D eigenvalue weighted by molar-refractivity contribution is 5.93. The zero-order valence-corrected chi connectivity index (χ0v) is 15.7. The maximum atomic E-state index is 13.3. The first kappa shape index (κ1) is 19.0. The third-order valence-electron chi connectivity index (χ3n) is 4.95. The van der Waals surface area contributed by atoms with Gasteiger partial charge in [0.15, 0.2) is 0 Å². The maximum absolute atomic E-state index is 13.3. The Bertz CT molecular complexity index is 975. The molecule has 0 saturated carbocycles. The number of nitrogens with zero attached hydrogens (tertiary/aromatic N) is 3. The van der Waals surface area contributed by atoms with E-state index in [1.54, 1.807) is 12.4 Å². The molecule has 7 heteroatoms. The zero-order valence-electron chi connectivity index (χ0n) is 15.7. The van der Waals surface area contributed by atoms with Crippen LogP contribution in [0.1, 0.15) is 12.8 Å². The normalized spacial score (nSPS) is 16.5. The fourth-order valence-electron chi connectivity index (χ4n) is 3.51. The van der Waals surface area contributed by atoms with Crippen LogP contribution in [0.4, 0.5) is 20.4 Å². The molecule has 1 N–H and O–H groups in total. The number of halogens is 2. The third-order valence-corrected chi connectivity index (χ3v) is 4.95. The molecule has 0 spiro atoms. The number of anilines is 2. The number of carbonyl (C=O) groups is 1. The fraction of sp³-hybridized carbons (Fsp3) is 0.227. The molecule has 5 nitrogen and oxygen atoms in total. The predicted molar refractivity (Wildman–Crippen MR) is 107 cm³/mol. The number of carbonyl (C=O) groups excluding carboxylic acids is 1. The van der Waals surface area contributed by atoms with Crippen molar-refractivity contribution < 1.29 is 13.6 Å². The van der Waals surface area contributed by atoms with Gasteiger partial charge in [0.25, 0.3) is 0 Å². The van der Waals surface area contributed by atoms with Gasteiger partial charge in [-0.25, -0.2) is 18.7 Å². The van der Waals surface area contributed by atoms with E-state index in [2.05, 4.69) is 15.3 Å². The second-order valence-electron chi connectivity index (χ2n) is 7.07. The second kappa shape index (κ2) is 8.34. The van der Waals surface area contributed by atoms with E-state index >= 15 is 0 Å². The van der Waals surface area contributed by atoms with Crippen molar-refractivity contribution in [2.75, 3.05) is 23.3 Å². The minimum atomic E-state index is -0.725. The Morgan fingerprint density at radius 3 is 2.38 bits per heavy atom. The monoisotopic (exact) mass is 394 g/mol. The summed E-state index contributed by atoms with van der Waals surface area (Å²) in [6.07, 6.45) is 5.05. The second-order valence-corrected chi connectivity index (χ2v) is 7.07. The van der Waals surface area contributed by atoms with E-state index < -0.39 is 11.6 Å². The molecule has 2 heterocycles. The summed E-state index contributed by atoms with van der Waals surface area (Å²) in [6.45, 7) is 1.21. The average molecular weight is 394 g/mol. The number of amides is 1.